The number of nitrogens with one attached hydrogen (secondary N) is 1. The molecule has 0 radical (unpaired) electrons. The van der Waals surface area contributed by atoms with Gasteiger partial charge in [-0.05, 0) is 62.1 Å². The van der Waals surface area contributed by atoms with E-state index in [1.807, 2.05) is 6.92 Å². The topological polar surface area (TPSA) is 44.6 Å². The molecule has 2 aromatic heterocycles. The van der Waals surface area contributed by atoms with Gasteiger partial charge in [-0.1, -0.05) is 0 Å². The number of aromatic amines is 1. The molecule has 7 rings (SSSR count). The highest BCUT2D eigenvalue weighted by Crippen LogP contribution is 2.54. The molecule has 3 saturated heterocycles. The second-order valence-electron chi connectivity index (χ2n) is 8.22. The Bertz CT molecular complexity index is 1030. The number of ether oxygens (including phenoxy) is 1. The second-order valence-corrected chi connectivity index (χ2v) is 8.22. The van der Waals surface area contributed by atoms with E-state index in [2.05, 4.69) is 45.1 Å². The van der Waals surface area contributed by atoms with Crippen LogP contribution < -0.4 is 4.74 Å². The summed E-state index contributed by atoms with van der Waals surface area (Å²) in [4.78, 5) is 9.11. The Kier molecular flexibility index (Phi) is 3.15. The Labute approximate surface area is 158 Å². The smallest absolute Gasteiger partial charge is 0.136 e. The minimum atomic E-state index is 0.0972. The van der Waals surface area contributed by atoms with Crippen molar-refractivity contribution in [1.29, 1.82) is 0 Å². The lowest BCUT2D eigenvalue weighted by molar-refractivity contribution is -0.155. The standard InChI is InChI=1S/C22H25N3O2/c1-14-3-6-19(27-14)21-24-11-8-22(9-12-24)20-16(7-10-25(21)22)17-13-15(26-2)4-5-18(17)23-20/h3-6,13,21,23H,7-12H2,1-2H3/t21-/m1/s1. The van der Waals surface area contributed by atoms with Gasteiger partial charge in [0.1, 0.15) is 23.4 Å². The number of hydrogen-bond acceptors (Lipinski definition) is 4. The molecule has 27 heavy (non-hydrogen) atoms. The fourth-order valence-corrected chi connectivity index (χ4v) is 5.76. The molecule has 2 bridgehead atoms. The predicted molar refractivity (Wildman–Crippen MR) is 104 cm³/mol. The van der Waals surface area contributed by atoms with Crippen molar-refractivity contribution in [3.63, 3.8) is 0 Å². The highest BCUT2D eigenvalue weighted by molar-refractivity contribution is 5.87. The van der Waals surface area contributed by atoms with Gasteiger partial charge in [0, 0.05) is 36.2 Å². The van der Waals surface area contributed by atoms with Crippen molar-refractivity contribution in [2.24, 2.45) is 0 Å². The van der Waals surface area contributed by atoms with Gasteiger partial charge in [0.2, 0.25) is 0 Å². The highest BCUT2D eigenvalue weighted by Gasteiger charge is 2.55. The van der Waals surface area contributed by atoms with Crippen molar-refractivity contribution < 1.29 is 9.15 Å². The van der Waals surface area contributed by atoms with Gasteiger partial charge in [0.05, 0.1) is 12.6 Å². The Balaban J connectivity index is 1.52. The average Bonchev–Trinajstić information content (AvgIpc) is 3.30. The SMILES string of the molecule is COc1ccc2[nH]c3c(c2c1)CCN1[C@H](c2ccc(C)o2)N2CCC31CC2. The molecule has 140 valence electrons. The maximum atomic E-state index is 6.09. The Morgan fingerprint density at radius 1 is 1.15 bits per heavy atom. The van der Waals surface area contributed by atoms with E-state index in [0.717, 1.165) is 43.3 Å². The molecule has 3 fully saturated rings. The molecule has 1 aromatic carbocycles. The highest BCUT2D eigenvalue weighted by atomic mass is 16.5. The Hall–Kier alpha value is -2.24. The molecule has 0 aliphatic carbocycles. The van der Waals surface area contributed by atoms with Crippen LogP contribution in [-0.2, 0) is 12.0 Å². The Morgan fingerprint density at radius 2 is 2.00 bits per heavy atom. The number of furan rings is 1. The first kappa shape index (κ1) is 15.8. The number of piperidine rings is 1. The molecule has 5 heteroatoms. The fourth-order valence-electron chi connectivity index (χ4n) is 5.76. The van der Waals surface area contributed by atoms with Crippen LogP contribution in [0.15, 0.2) is 34.7 Å². The zero-order valence-electron chi connectivity index (χ0n) is 15.9. The van der Waals surface area contributed by atoms with Gasteiger partial charge in [0.15, 0.2) is 0 Å². The molecule has 4 aliphatic heterocycles. The second kappa shape index (κ2) is 5.40. The minimum absolute atomic E-state index is 0.0972. The quantitative estimate of drug-likeness (QED) is 0.749. The molecule has 0 unspecified atom stereocenters. The van der Waals surface area contributed by atoms with E-state index in [4.69, 9.17) is 9.15 Å². The zero-order chi connectivity index (χ0) is 18.2. The first-order valence-corrected chi connectivity index (χ1v) is 9.96. The van der Waals surface area contributed by atoms with Gasteiger partial charge < -0.3 is 14.1 Å². The number of aromatic nitrogens is 1. The average molecular weight is 363 g/mol. The summed E-state index contributed by atoms with van der Waals surface area (Å²) in [5, 5.41) is 1.33. The maximum Gasteiger partial charge on any atom is 0.136 e. The molecule has 0 saturated carbocycles. The number of aryl methyl sites for hydroxylation is 1. The minimum Gasteiger partial charge on any atom is -0.497 e. The molecule has 6 heterocycles. The van der Waals surface area contributed by atoms with Crippen molar-refractivity contribution in [3.8, 4) is 5.75 Å². The first-order chi connectivity index (χ1) is 13.2. The van der Waals surface area contributed by atoms with Gasteiger partial charge in [-0.15, -0.1) is 0 Å². The van der Waals surface area contributed by atoms with E-state index in [1.165, 1.54) is 35.0 Å². The monoisotopic (exact) mass is 363 g/mol. The number of methoxy groups -OCH3 is 1. The molecule has 1 atom stereocenters. The van der Waals surface area contributed by atoms with E-state index in [1.54, 1.807) is 7.11 Å². The molecular formula is C22H25N3O2. The molecule has 1 N–H and O–H groups in total. The fraction of sp³-hybridized carbons (Fsp3) is 0.455. The predicted octanol–water partition coefficient (Wildman–Crippen LogP) is 3.94. The van der Waals surface area contributed by atoms with Crippen LogP contribution in [0, 0.1) is 6.92 Å². The molecule has 1 spiro atoms. The van der Waals surface area contributed by atoms with E-state index in [0.29, 0.717) is 0 Å². The summed E-state index contributed by atoms with van der Waals surface area (Å²) in [5.74, 6) is 3.03. The van der Waals surface area contributed by atoms with E-state index >= 15 is 0 Å². The van der Waals surface area contributed by atoms with Crippen molar-refractivity contribution >= 4 is 10.9 Å². The number of rotatable bonds is 2. The van der Waals surface area contributed by atoms with E-state index in [-0.39, 0.29) is 11.7 Å². The maximum absolute atomic E-state index is 6.09. The summed E-state index contributed by atoms with van der Waals surface area (Å²) < 4.78 is 11.6. The summed E-state index contributed by atoms with van der Waals surface area (Å²) in [6.45, 7) is 5.35. The summed E-state index contributed by atoms with van der Waals surface area (Å²) in [5.41, 5.74) is 4.25. The number of H-pyrrole nitrogens is 1. The molecule has 0 amide bonds. The van der Waals surface area contributed by atoms with Crippen molar-refractivity contribution in [3.05, 3.63) is 53.1 Å². The van der Waals surface area contributed by atoms with Crippen LogP contribution in [0.1, 0.15) is 41.8 Å². The van der Waals surface area contributed by atoms with E-state index < -0.39 is 0 Å². The van der Waals surface area contributed by atoms with Crippen LogP contribution in [0.4, 0.5) is 0 Å². The van der Waals surface area contributed by atoms with Crippen molar-refractivity contribution in [2.75, 3.05) is 26.7 Å². The number of hydrogen-bond donors (Lipinski definition) is 1. The number of fused-ring (bicyclic) bond motifs is 5. The molecule has 5 nitrogen and oxygen atoms in total. The van der Waals surface area contributed by atoms with Crippen LogP contribution in [0.2, 0.25) is 0 Å². The summed E-state index contributed by atoms with van der Waals surface area (Å²) in [6.07, 6.45) is 3.68. The van der Waals surface area contributed by atoms with E-state index in [9.17, 15) is 0 Å². The summed E-state index contributed by atoms with van der Waals surface area (Å²) >= 11 is 0. The largest absolute Gasteiger partial charge is 0.497 e. The van der Waals surface area contributed by atoms with Crippen LogP contribution in [-0.4, -0.2) is 41.5 Å². The number of benzene rings is 1. The third-order valence-corrected chi connectivity index (χ3v) is 7.01. The van der Waals surface area contributed by atoms with Crippen molar-refractivity contribution in [1.82, 2.24) is 14.8 Å². The van der Waals surface area contributed by atoms with Crippen LogP contribution in [0.5, 0.6) is 5.75 Å². The lowest BCUT2D eigenvalue weighted by Crippen LogP contribution is -2.66. The van der Waals surface area contributed by atoms with Crippen molar-refractivity contribution in [2.45, 2.75) is 37.9 Å². The lowest BCUT2D eigenvalue weighted by atomic mass is 9.74. The molecular weight excluding hydrogens is 338 g/mol. The van der Waals surface area contributed by atoms with Gasteiger partial charge in [-0.3, -0.25) is 9.80 Å². The normalized spacial score (nSPS) is 29.7. The van der Waals surface area contributed by atoms with Crippen LogP contribution in [0.3, 0.4) is 0 Å². The summed E-state index contributed by atoms with van der Waals surface area (Å²) in [6, 6.07) is 10.7. The lowest BCUT2D eigenvalue weighted by Gasteiger charge is -2.61. The van der Waals surface area contributed by atoms with Gasteiger partial charge in [0.25, 0.3) is 0 Å². The third kappa shape index (κ3) is 2.01. The summed E-state index contributed by atoms with van der Waals surface area (Å²) in [7, 11) is 1.74. The molecule has 3 aromatic rings. The van der Waals surface area contributed by atoms with Gasteiger partial charge >= 0.3 is 0 Å². The molecule has 4 aliphatic rings. The zero-order valence-corrected chi connectivity index (χ0v) is 15.9. The number of nitrogens with zero attached hydrogens (tertiary/aromatic N) is 2. The first-order valence-electron chi connectivity index (χ1n) is 9.96. The Morgan fingerprint density at radius 3 is 2.74 bits per heavy atom. The van der Waals surface area contributed by atoms with Gasteiger partial charge in [-0.2, -0.15) is 0 Å². The van der Waals surface area contributed by atoms with Crippen LogP contribution in [0.25, 0.3) is 10.9 Å². The van der Waals surface area contributed by atoms with Crippen LogP contribution >= 0.6 is 0 Å². The van der Waals surface area contributed by atoms with Gasteiger partial charge in [-0.25, -0.2) is 0 Å². The third-order valence-electron chi connectivity index (χ3n) is 7.01.